The highest BCUT2D eigenvalue weighted by Crippen LogP contribution is 2.18. The summed E-state index contributed by atoms with van der Waals surface area (Å²) in [6.45, 7) is 0. The van der Waals surface area contributed by atoms with E-state index in [0.29, 0.717) is 4.59 Å². The van der Waals surface area contributed by atoms with E-state index in [1.54, 1.807) is 0 Å². The van der Waals surface area contributed by atoms with E-state index in [4.69, 9.17) is 25.1 Å². The van der Waals surface area contributed by atoms with E-state index in [2.05, 4.69) is 0 Å². The minimum atomic E-state index is -4.89. The highest BCUT2D eigenvalue weighted by atomic mass is 31.2. The lowest BCUT2D eigenvalue weighted by atomic mass is 10.9. The minimum absolute atomic E-state index is 0.500. The van der Waals surface area contributed by atoms with Gasteiger partial charge in [0.15, 0.2) is 0 Å². The summed E-state index contributed by atoms with van der Waals surface area (Å²) in [6.07, 6.45) is 0. The minimum Gasteiger partial charge on any atom is -0.756 e. The molecule has 0 fully saturated rings. The van der Waals surface area contributed by atoms with Gasteiger partial charge in [0.05, 0.1) is 21.1 Å². The van der Waals surface area contributed by atoms with Gasteiger partial charge in [-0.15, -0.1) is 0 Å². The molecule has 0 unspecified atom stereocenters. The van der Waals surface area contributed by atoms with Crippen LogP contribution in [0.3, 0.4) is 0 Å². The number of hydrogen-bond acceptors (Lipinski definition) is 3. The lowest BCUT2D eigenvalue weighted by molar-refractivity contribution is -0.882. The molecule has 0 saturated carbocycles. The van der Waals surface area contributed by atoms with Crippen LogP contribution in [-0.4, -0.2) is 35.5 Å². The van der Waals surface area contributed by atoms with Crippen LogP contribution in [0.25, 0.3) is 0 Å². The second-order valence-corrected chi connectivity index (χ2v) is 3.59. The van der Waals surface area contributed by atoms with Gasteiger partial charge in [-0.3, -0.25) is 9.16 Å². The van der Waals surface area contributed by atoms with Gasteiger partial charge >= 0.3 is 0 Å². The fraction of sp³-hybridized carbons (Fsp3) is 1.00. The molecule has 6 nitrogen and oxygen atoms in total. The van der Waals surface area contributed by atoms with Gasteiger partial charge in [-0.1, -0.05) is 0 Å². The smallest absolute Gasteiger partial charge is 0.262 e. The van der Waals surface area contributed by atoms with Gasteiger partial charge in [0.25, 0.3) is 7.82 Å². The van der Waals surface area contributed by atoms with Gasteiger partial charge in [-0.2, -0.15) is 5.84 Å². The van der Waals surface area contributed by atoms with Crippen molar-refractivity contribution in [3.8, 4) is 0 Å². The summed E-state index contributed by atoms with van der Waals surface area (Å²) in [6, 6.07) is 0. The van der Waals surface area contributed by atoms with Crippen LogP contribution in [0.5, 0.6) is 0 Å². The van der Waals surface area contributed by atoms with Crippen LogP contribution < -0.4 is 10.7 Å². The number of nitrogens with zero attached hydrogens (tertiary/aromatic N) is 1. The molecule has 0 aromatic carbocycles. The van der Waals surface area contributed by atoms with Gasteiger partial charge in [0, 0.05) is 0 Å². The molecule has 0 atom stereocenters. The Morgan fingerprint density at radius 3 is 1.40 bits per heavy atom. The Hall–Kier alpha value is 0.0300. The predicted molar refractivity (Wildman–Crippen MR) is 34.3 cm³/mol. The molecule has 64 valence electrons. The molecule has 0 amide bonds. The Kier molecular flexibility index (Phi) is 5.10. The SMILES string of the molecule is C[N+](C)(C)N.O=P([O-])(O)O. The zero-order valence-corrected chi connectivity index (χ0v) is 7.08. The molecular formula is C3H13N2O4P. The first-order chi connectivity index (χ1) is 4.00. The molecule has 0 aromatic rings. The second-order valence-electron chi connectivity index (χ2n) is 2.61. The summed E-state index contributed by atoms with van der Waals surface area (Å²) < 4.78 is 9.27. The summed E-state index contributed by atoms with van der Waals surface area (Å²) in [5.41, 5.74) is 0. The topological polar surface area (TPSA) is 107 Å². The van der Waals surface area contributed by atoms with Crippen LogP contribution in [0.15, 0.2) is 0 Å². The van der Waals surface area contributed by atoms with Crippen LogP contribution in [0, 0.1) is 0 Å². The molecule has 0 bridgehead atoms. The predicted octanol–water partition coefficient (Wildman–Crippen LogP) is -1.99. The van der Waals surface area contributed by atoms with E-state index in [1.807, 2.05) is 21.1 Å². The molecule has 0 radical (unpaired) electrons. The standard InChI is InChI=1S/C3H11N2.H3O4P/c2*1-5(2,3)4/h4H2,1-3H3;(H3,1,2,3,4)/q+1;/p-1. The van der Waals surface area contributed by atoms with Gasteiger partial charge in [-0.05, 0) is 0 Å². The van der Waals surface area contributed by atoms with Crippen molar-refractivity contribution in [2.75, 3.05) is 21.1 Å². The number of nitrogens with two attached hydrogens (primary N) is 1. The third-order valence-corrected chi connectivity index (χ3v) is 0. The Morgan fingerprint density at radius 1 is 1.40 bits per heavy atom. The quantitative estimate of drug-likeness (QED) is 0.170. The van der Waals surface area contributed by atoms with Crippen LogP contribution in [-0.2, 0) is 4.57 Å². The Morgan fingerprint density at radius 2 is 1.40 bits per heavy atom. The number of rotatable bonds is 0. The highest BCUT2D eigenvalue weighted by Gasteiger charge is 1.89. The van der Waals surface area contributed by atoms with Gasteiger partial charge in [0.1, 0.15) is 0 Å². The van der Waals surface area contributed by atoms with E-state index >= 15 is 0 Å². The molecule has 0 aromatic heterocycles. The molecule has 0 aliphatic carbocycles. The molecule has 10 heavy (non-hydrogen) atoms. The van der Waals surface area contributed by atoms with Crippen molar-refractivity contribution in [3.63, 3.8) is 0 Å². The maximum atomic E-state index is 8.77. The van der Waals surface area contributed by atoms with E-state index in [-0.39, 0.29) is 0 Å². The van der Waals surface area contributed by atoms with Crippen molar-refractivity contribution in [2.24, 2.45) is 5.84 Å². The first kappa shape index (κ1) is 12.7. The average Bonchev–Trinajstić information content (AvgIpc) is 1.12. The van der Waals surface area contributed by atoms with Crippen LogP contribution >= 0.6 is 7.82 Å². The number of phosphoric acid groups is 1. The van der Waals surface area contributed by atoms with Gasteiger partial charge in [-0.25, -0.2) is 0 Å². The summed E-state index contributed by atoms with van der Waals surface area (Å²) in [7, 11) is 0.819. The first-order valence-corrected chi connectivity index (χ1v) is 3.90. The number of hydrogen-bond donors (Lipinski definition) is 3. The molecule has 0 saturated heterocycles. The van der Waals surface area contributed by atoms with Crippen LogP contribution in [0.4, 0.5) is 0 Å². The molecule has 0 heterocycles. The van der Waals surface area contributed by atoms with E-state index in [1.165, 1.54) is 0 Å². The van der Waals surface area contributed by atoms with Crippen molar-refractivity contribution in [1.82, 2.24) is 0 Å². The van der Waals surface area contributed by atoms with Crippen molar-refractivity contribution < 1.29 is 23.8 Å². The monoisotopic (exact) mass is 172 g/mol. The van der Waals surface area contributed by atoms with E-state index in [9.17, 15) is 0 Å². The zero-order chi connectivity index (χ0) is 9.00. The third-order valence-electron chi connectivity index (χ3n) is 0. The fourth-order valence-corrected chi connectivity index (χ4v) is 0. The van der Waals surface area contributed by atoms with Crippen LogP contribution in [0.1, 0.15) is 0 Å². The van der Waals surface area contributed by atoms with Crippen LogP contribution in [0.2, 0.25) is 0 Å². The molecular weight excluding hydrogens is 159 g/mol. The zero-order valence-electron chi connectivity index (χ0n) is 6.18. The van der Waals surface area contributed by atoms with Crippen molar-refractivity contribution >= 4 is 7.82 Å². The van der Waals surface area contributed by atoms with Gasteiger partial charge in [0.2, 0.25) is 0 Å². The summed E-state index contributed by atoms with van der Waals surface area (Å²) in [4.78, 5) is 22.9. The third kappa shape index (κ3) is 441000. The average molecular weight is 172 g/mol. The Labute approximate surface area is 59.7 Å². The fourth-order valence-electron chi connectivity index (χ4n) is 0. The Bertz CT molecular complexity index is 111. The molecule has 0 aliphatic rings. The van der Waals surface area contributed by atoms with Crippen molar-refractivity contribution in [2.45, 2.75) is 0 Å². The molecule has 0 spiro atoms. The van der Waals surface area contributed by atoms with Gasteiger partial charge < -0.3 is 14.7 Å². The van der Waals surface area contributed by atoms with E-state index < -0.39 is 7.82 Å². The van der Waals surface area contributed by atoms with Crippen molar-refractivity contribution in [1.29, 1.82) is 0 Å². The van der Waals surface area contributed by atoms with Crippen molar-refractivity contribution in [3.05, 3.63) is 0 Å². The molecule has 0 rings (SSSR count). The molecule has 0 aliphatic heterocycles. The molecule has 4 N–H and O–H groups in total. The lowest BCUT2D eigenvalue weighted by Crippen LogP contribution is -2.41. The van der Waals surface area contributed by atoms with E-state index in [0.717, 1.165) is 0 Å². The summed E-state index contributed by atoms with van der Waals surface area (Å²) in [5, 5.41) is 0. The second kappa shape index (κ2) is 4.02. The first-order valence-electron chi connectivity index (χ1n) is 2.36. The summed E-state index contributed by atoms with van der Waals surface area (Å²) >= 11 is 0. The highest BCUT2D eigenvalue weighted by molar-refractivity contribution is 7.43. The number of quaternary nitrogens is 1. The maximum Gasteiger partial charge on any atom is 0.262 e. The molecule has 7 heteroatoms. The maximum absolute atomic E-state index is 8.77. The largest absolute Gasteiger partial charge is 0.756 e. The lowest BCUT2D eigenvalue weighted by Gasteiger charge is -2.12. The normalized spacial score (nSPS) is 11.9. The Balaban J connectivity index is 0. The summed E-state index contributed by atoms with van der Waals surface area (Å²) in [5.74, 6) is 5.29.